The predicted molar refractivity (Wildman–Crippen MR) is 93.8 cm³/mol. The second kappa shape index (κ2) is 7.51. The summed E-state index contributed by atoms with van der Waals surface area (Å²) in [4.78, 5) is 21.4. The summed E-state index contributed by atoms with van der Waals surface area (Å²) in [5.41, 5.74) is 6.76. The van der Waals surface area contributed by atoms with Crippen LogP contribution >= 0.6 is 11.8 Å². The molecule has 0 bridgehead atoms. The highest BCUT2D eigenvalue weighted by molar-refractivity contribution is 7.98. The van der Waals surface area contributed by atoms with Gasteiger partial charge in [0.15, 0.2) is 5.58 Å². The number of aryl methyl sites for hydroxylation is 1. The zero-order chi connectivity index (χ0) is 16.9. The molecule has 1 heterocycles. The average Bonchev–Trinajstić information content (AvgIpc) is 3.03. The van der Waals surface area contributed by atoms with Gasteiger partial charge in [-0.15, -0.1) is 0 Å². The second-order valence-corrected chi connectivity index (χ2v) is 6.18. The highest BCUT2D eigenvalue weighted by atomic mass is 32.2. The minimum absolute atomic E-state index is 0.249. The first-order chi connectivity index (χ1) is 11.7. The number of nitrogens with one attached hydrogen (secondary N) is 1. The molecule has 5 nitrogen and oxygen atoms in total. The molecule has 0 aliphatic carbocycles. The molecule has 1 N–H and O–H groups in total. The van der Waals surface area contributed by atoms with Gasteiger partial charge in [-0.3, -0.25) is 9.63 Å². The van der Waals surface area contributed by atoms with Crippen molar-refractivity contribution in [1.29, 1.82) is 0 Å². The number of rotatable bonds is 6. The van der Waals surface area contributed by atoms with Gasteiger partial charge in [0.2, 0.25) is 0 Å². The molecule has 0 saturated carbocycles. The minimum Gasteiger partial charge on any atom is -0.431 e. The number of benzene rings is 2. The first kappa shape index (κ1) is 16.5. The third-order valence-corrected chi connectivity index (χ3v) is 4.36. The van der Waals surface area contributed by atoms with Crippen LogP contribution in [-0.2, 0) is 10.6 Å². The molecule has 0 atom stereocenters. The van der Waals surface area contributed by atoms with Gasteiger partial charge in [0.1, 0.15) is 5.52 Å². The Kier molecular flexibility index (Phi) is 5.17. The molecular formula is C18H18N2O3S. The van der Waals surface area contributed by atoms with E-state index in [1.54, 1.807) is 6.07 Å². The summed E-state index contributed by atoms with van der Waals surface area (Å²) in [6.07, 6.45) is 0. The van der Waals surface area contributed by atoms with Crippen LogP contribution in [-0.4, -0.2) is 17.5 Å². The molecule has 0 saturated heterocycles. The molecule has 2 aromatic carbocycles. The van der Waals surface area contributed by atoms with Crippen LogP contribution in [0.5, 0.6) is 0 Å². The fourth-order valence-electron chi connectivity index (χ4n) is 2.27. The van der Waals surface area contributed by atoms with Gasteiger partial charge in [-0.1, -0.05) is 36.0 Å². The number of hydrogen-bond donors (Lipinski definition) is 1. The number of oxazole rings is 1. The molecule has 124 valence electrons. The van der Waals surface area contributed by atoms with Gasteiger partial charge in [0, 0.05) is 11.3 Å². The monoisotopic (exact) mass is 342 g/mol. The van der Waals surface area contributed by atoms with Crippen molar-refractivity contribution in [3.05, 3.63) is 59.2 Å². The lowest BCUT2D eigenvalue weighted by atomic mass is 10.1. The lowest BCUT2D eigenvalue weighted by Gasteiger charge is -2.05. The number of aromatic nitrogens is 1. The maximum atomic E-state index is 11.9. The smallest absolute Gasteiger partial charge is 0.274 e. The normalized spacial score (nSPS) is 10.9. The number of amides is 1. The molecule has 24 heavy (non-hydrogen) atoms. The third-order valence-electron chi connectivity index (χ3n) is 3.46. The Balaban J connectivity index is 1.69. The van der Waals surface area contributed by atoms with Gasteiger partial charge in [-0.05, 0) is 43.2 Å². The summed E-state index contributed by atoms with van der Waals surface area (Å²) in [5.74, 6) is 0.419. The Morgan fingerprint density at radius 3 is 2.92 bits per heavy atom. The molecule has 0 aliphatic heterocycles. The highest BCUT2D eigenvalue weighted by Gasteiger charge is 2.10. The fourth-order valence-corrected chi connectivity index (χ4v) is 3.05. The minimum atomic E-state index is -0.249. The van der Waals surface area contributed by atoms with Crippen LogP contribution in [0.3, 0.4) is 0 Å². The van der Waals surface area contributed by atoms with E-state index in [2.05, 4.69) is 10.5 Å². The standard InChI is InChI=1S/C18H18N2O3S/c1-3-22-20-17(21)14-8-5-7-13(10-14)11-24-18-19-16-12(2)6-4-9-15(16)23-18/h4-10H,3,11H2,1-2H3,(H,20,21). The number of hydroxylamine groups is 1. The van der Waals surface area contributed by atoms with E-state index < -0.39 is 0 Å². The molecule has 0 unspecified atom stereocenters. The van der Waals surface area contributed by atoms with Crippen molar-refractivity contribution in [3.63, 3.8) is 0 Å². The first-order valence-corrected chi connectivity index (χ1v) is 8.66. The van der Waals surface area contributed by atoms with Crippen molar-refractivity contribution in [2.45, 2.75) is 24.8 Å². The number of carbonyl (C=O) groups is 1. The summed E-state index contributed by atoms with van der Waals surface area (Å²) in [7, 11) is 0. The van der Waals surface area contributed by atoms with Crippen LogP contribution in [0.15, 0.2) is 52.1 Å². The van der Waals surface area contributed by atoms with Gasteiger partial charge in [0.05, 0.1) is 6.61 Å². The van der Waals surface area contributed by atoms with E-state index in [1.165, 1.54) is 11.8 Å². The second-order valence-electron chi connectivity index (χ2n) is 5.25. The summed E-state index contributed by atoms with van der Waals surface area (Å²) >= 11 is 1.51. The van der Waals surface area contributed by atoms with E-state index in [4.69, 9.17) is 9.25 Å². The van der Waals surface area contributed by atoms with E-state index in [1.807, 2.05) is 50.2 Å². The van der Waals surface area contributed by atoms with Crippen LogP contribution < -0.4 is 5.48 Å². The van der Waals surface area contributed by atoms with Crippen molar-refractivity contribution in [2.75, 3.05) is 6.61 Å². The number of para-hydroxylation sites is 1. The Hall–Kier alpha value is -2.31. The molecule has 1 amide bonds. The number of hydrogen-bond acceptors (Lipinski definition) is 5. The van der Waals surface area contributed by atoms with E-state index >= 15 is 0 Å². The quantitative estimate of drug-likeness (QED) is 0.539. The summed E-state index contributed by atoms with van der Waals surface area (Å²) in [6.45, 7) is 4.26. The zero-order valence-corrected chi connectivity index (χ0v) is 14.4. The molecule has 0 aliphatic rings. The van der Waals surface area contributed by atoms with Gasteiger partial charge >= 0.3 is 0 Å². The molecule has 0 fully saturated rings. The van der Waals surface area contributed by atoms with E-state index in [-0.39, 0.29) is 5.91 Å². The molecule has 0 spiro atoms. The lowest BCUT2D eigenvalue weighted by molar-refractivity contribution is 0.0364. The van der Waals surface area contributed by atoms with Gasteiger partial charge in [-0.2, -0.15) is 0 Å². The molecule has 3 aromatic rings. The number of fused-ring (bicyclic) bond motifs is 1. The lowest BCUT2D eigenvalue weighted by Crippen LogP contribution is -2.23. The van der Waals surface area contributed by atoms with Gasteiger partial charge in [0.25, 0.3) is 11.1 Å². The Morgan fingerprint density at radius 1 is 1.29 bits per heavy atom. The van der Waals surface area contributed by atoms with Crippen LogP contribution in [0.2, 0.25) is 0 Å². The topological polar surface area (TPSA) is 64.4 Å². The van der Waals surface area contributed by atoms with E-state index in [0.29, 0.717) is 23.1 Å². The van der Waals surface area contributed by atoms with Crippen molar-refractivity contribution in [2.24, 2.45) is 0 Å². The number of carbonyl (C=O) groups excluding carboxylic acids is 1. The fraction of sp³-hybridized carbons (Fsp3) is 0.222. The summed E-state index contributed by atoms with van der Waals surface area (Å²) in [5, 5.41) is 0.628. The third kappa shape index (κ3) is 3.77. The SMILES string of the molecule is CCONC(=O)c1cccc(CSc2nc3c(C)cccc3o2)c1. The van der Waals surface area contributed by atoms with Crippen molar-refractivity contribution >= 4 is 28.8 Å². The van der Waals surface area contributed by atoms with Crippen LogP contribution in [0.4, 0.5) is 0 Å². The van der Waals surface area contributed by atoms with Crippen molar-refractivity contribution in [1.82, 2.24) is 10.5 Å². The highest BCUT2D eigenvalue weighted by Crippen LogP contribution is 2.27. The Labute approximate surface area is 144 Å². The zero-order valence-electron chi connectivity index (χ0n) is 13.5. The van der Waals surface area contributed by atoms with Gasteiger partial charge < -0.3 is 4.42 Å². The van der Waals surface area contributed by atoms with E-state index in [0.717, 1.165) is 22.2 Å². The van der Waals surface area contributed by atoms with Gasteiger partial charge in [-0.25, -0.2) is 10.5 Å². The molecule has 3 rings (SSSR count). The largest absolute Gasteiger partial charge is 0.431 e. The van der Waals surface area contributed by atoms with Crippen molar-refractivity contribution in [3.8, 4) is 0 Å². The van der Waals surface area contributed by atoms with Crippen molar-refractivity contribution < 1.29 is 14.0 Å². The molecular weight excluding hydrogens is 324 g/mol. The van der Waals surface area contributed by atoms with Crippen LogP contribution in [0.25, 0.3) is 11.1 Å². The summed E-state index contributed by atoms with van der Waals surface area (Å²) < 4.78 is 5.75. The Morgan fingerprint density at radius 2 is 2.12 bits per heavy atom. The predicted octanol–water partition coefficient (Wildman–Crippen LogP) is 4.11. The Bertz CT molecular complexity index is 860. The average molecular weight is 342 g/mol. The molecule has 1 aromatic heterocycles. The van der Waals surface area contributed by atoms with Crippen LogP contribution in [0.1, 0.15) is 28.4 Å². The first-order valence-electron chi connectivity index (χ1n) is 7.67. The number of nitrogens with zero attached hydrogens (tertiary/aromatic N) is 1. The van der Waals surface area contributed by atoms with E-state index in [9.17, 15) is 4.79 Å². The molecule has 6 heteroatoms. The maximum absolute atomic E-state index is 11.9. The van der Waals surface area contributed by atoms with Crippen LogP contribution in [0, 0.1) is 6.92 Å². The maximum Gasteiger partial charge on any atom is 0.274 e. The summed E-state index contributed by atoms with van der Waals surface area (Å²) in [6, 6.07) is 13.3. The number of thioether (sulfide) groups is 1. The molecule has 0 radical (unpaired) electrons.